The molecule has 22 heavy (non-hydrogen) atoms. The molecule has 4 heteroatoms. The highest BCUT2D eigenvalue weighted by molar-refractivity contribution is 5.27. The molecule has 1 heterocycles. The Labute approximate surface area is 134 Å². The van der Waals surface area contributed by atoms with E-state index in [4.69, 9.17) is 9.47 Å². The molecule has 0 saturated carbocycles. The van der Waals surface area contributed by atoms with Crippen molar-refractivity contribution in [2.75, 3.05) is 41.4 Å². The van der Waals surface area contributed by atoms with E-state index >= 15 is 0 Å². The molecule has 1 aliphatic heterocycles. The van der Waals surface area contributed by atoms with Crippen LogP contribution in [0.5, 0.6) is 0 Å². The summed E-state index contributed by atoms with van der Waals surface area (Å²) in [4.78, 5) is 4.13. The highest BCUT2D eigenvalue weighted by Gasteiger charge is 2.41. The third-order valence-corrected chi connectivity index (χ3v) is 3.77. The number of benzene rings is 1. The van der Waals surface area contributed by atoms with E-state index in [0.717, 1.165) is 11.4 Å². The smallest absolute Gasteiger partial charge is 0.219 e. The Balaban J connectivity index is 2.45. The summed E-state index contributed by atoms with van der Waals surface area (Å²) in [6.45, 7) is 5.63. The van der Waals surface area contributed by atoms with Crippen molar-refractivity contribution in [3.05, 3.63) is 47.8 Å². The van der Waals surface area contributed by atoms with Crippen molar-refractivity contribution in [3.8, 4) is 0 Å². The maximum Gasteiger partial charge on any atom is 0.219 e. The SMILES string of the molecule is CN(C)C(=CC1(c2ccccc2)OCC(C)(C)CO1)N(C)C. The molecule has 4 nitrogen and oxygen atoms in total. The van der Waals surface area contributed by atoms with Crippen LogP contribution < -0.4 is 0 Å². The third-order valence-electron chi connectivity index (χ3n) is 3.77. The van der Waals surface area contributed by atoms with Gasteiger partial charge in [-0.25, -0.2) is 0 Å². The Bertz CT molecular complexity index is 501. The molecular formula is C18H28N2O2. The average molecular weight is 304 g/mol. The second-order valence-corrected chi connectivity index (χ2v) is 7.07. The van der Waals surface area contributed by atoms with Crippen molar-refractivity contribution in [1.29, 1.82) is 0 Å². The molecule has 0 spiro atoms. The monoisotopic (exact) mass is 304 g/mol. The zero-order valence-electron chi connectivity index (χ0n) is 14.6. The fourth-order valence-corrected chi connectivity index (χ4v) is 2.52. The van der Waals surface area contributed by atoms with Crippen molar-refractivity contribution in [2.24, 2.45) is 5.41 Å². The van der Waals surface area contributed by atoms with Gasteiger partial charge >= 0.3 is 0 Å². The molecule has 0 unspecified atom stereocenters. The first kappa shape index (κ1) is 16.8. The number of rotatable bonds is 4. The van der Waals surface area contributed by atoms with Crippen LogP contribution in [0, 0.1) is 5.41 Å². The minimum atomic E-state index is -0.833. The van der Waals surface area contributed by atoms with Crippen molar-refractivity contribution < 1.29 is 9.47 Å². The number of ether oxygens (including phenoxy) is 2. The molecule has 0 aliphatic carbocycles. The summed E-state index contributed by atoms with van der Waals surface area (Å²) in [6, 6.07) is 10.1. The Morgan fingerprint density at radius 2 is 1.45 bits per heavy atom. The molecular weight excluding hydrogens is 276 g/mol. The van der Waals surface area contributed by atoms with Gasteiger partial charge in [-0.3, -0.25) is 0 Å². The zero-order valence-corrected chi connectivity index (χ0v) is 14.6. The highest BCUT2D eigenvalue weighted by atomic mass is 16.7. The van der Waals surface area contributed by atoms with Crippen LogP contribution in [0.2, 0.25) is 0 Å². The summed E-state index contributed by atoms with van der Waals surface area (Å²) in [5, 5.41) is 0. The van der Waals surface area contributed by atoms with Crippen LogP contribution in [-0.4, -0.2) is 51.2 Å². The van der Waals surface area contributed by atoms with Crippen LogP contribution in [0.4, 0.5) is 0 Å². The second kappa shape index (κ2) is 6.31. The standard InChI is InChI=1S/C18H28N2O2/c1-17(2)13-21-18(22-14-17,15-10-8-7-9-11-15)12-16(19(3)4)20(5)6/h7-12H,13-14H2,1-6H3. The van der Waals surface area contributed by atoms with Gasteiger partial charge in [-0.1, -0.05) is 44.2 Å². The van der Waals surface area contributed by atoms with Crippen LogP contribution in [0.15, 0.2) is 42.2 Å². The van der Waals surface area contributed by atoms with E-state index < -0.39 is 5.79 Å². The Morgan fingerprint density at radius 3 is 1.91 bits per heavy atom. The molecule has 0 amide bonds. The van der Waals surface area contributed by atoms with E-state index in [-0.39, 0.29) is 5.41 Å². The van der Waals surface area contributed by atoms with Crippen molar-refractivity contribution in [3.63, 3.8) is 0 Å². The van der Waals surface area contributed by atoms with Gasteiger partial charge in [0.25, 0.3) is 0 Å². The lowest BCUT2D eigenvalue weighted by atomic mass is 9.93. The molecule has 0 aromatic heterocycles. The van der Waals surface area contributed by atoms with Gasteiger partial charge in [0.05, 0.1) is 13.2 Å². The van der Waals surface area contributed by atoms with E-state index in [2.05, 4.69) is 41.9 Å². The topological polar surface area (TPSA) is 24.9 Å². The van der Waals surface area contributed by atoms with Crippen molar-refractivity contribution in [1.82, 2.24) is 9.80 Å². The van der Waals surface area contributed by atoms with Gasteiger partial charge in [-0.2, -0.15) is 0 Å². The summed E-state index contributed by atoms with van der Waals surface area (Å²) >= 11 is 0. The lowest BCUT2D eigenvalue weighted by molar-refractivity contribution is -0.281. The van der Waals surface area contributed by atoms with Crippen molar-refractivity contribution in [2.45, 2.75) is 19.6 Å². The fourth-order valence-electron chi connectivity index (χ4n) is 2.52. The van der Waals surface area contributed by atoms with Crippen molar-refractivity contribution >= 4 is 0 Å². The van der Waals surface area contributed by atoms with Crippen LogP contribution in [0.3, 0.4) is 0 Å². The van der Waals surface area contributed by atoms with Gasteiger partial charge in [-0.05, 0) is 0 Å². The normalized spacial score (nSPS) is 19.4. The molecule has 1 fully saturated rings. The van der Waals surface area contributed by atoms with Gasteiger partial charge in [-0.15, -0.1) is 0 Å². The molecule has 1 saturated heterocycles. The lowest BCUT2D eigenvalue weighted by Crippen LogP contribution is -2.45. The summed E-state index contributed by atoms with van der Waals surface area (Å²) in [7, 11) is 8.10. The van der Waals surface area contributed by atoms with Gasteiger partial charge in [0.2, 0.25) is 5.79 Å². The molecule has 0 N–H and O–H groups in total. The van der Waals surface area contributed by atoms with Gasteiger partial charge in [0.15, 0.2) is 0 Å². The largest absolute Gasteiger partial charge is 0.365 e. The first-order valence-electron chi connectivity index (χ1n) is 7.67. The van der Waals surface area contributed by atoms with E-state index in [0.29, 0.717) is 13.2 Å². The quantitative estimate of drug-likeness (QED) is 0.854. The maximum absolute atomic E-state index is 6.25. The second-order valence-electron chi connectivity index (χ2n) is 7.07. The maximum atomic E-state index is 6.25. The summed E-state index contributed by atoms with van der Waals surface area (Å²) in [5.41, 5.74) is 1.05. The average Bonchev–Trinajstić information content (AvgIpc) is 2.47. The molecule has 0 radical (unpaired) electrons. The van der Waals surface area contributed by atoms with Crippen LogP contribution >= 0.6 is 0 Å². The molecule has 0 bridgehead atoms. The van der Waals surface area contributed by atoms with Gasteiger partial charge < -0.3 is 19.3 Å². The Morgan fingerprint density at radius 1 is 0.955 bits per heavy atom. The van der Waals surface area contributed by atoms with Gasteiger partial charge in [0.1, 0.15) is 5.82 Å². The summed E-state index contributed by atoms with van der Waals surface area (Å²) in [6.07, 6.45) is 2.07. The fraction of sp³-hybridized carbons (Fsp3) is 0.556. The predicted molar refractivity (Wildman–Crippen MR) is 89.3 cm³/mol. The highest BCUT2D eigenvalue weighted by Crippen LogP contribution is 2.38. The zero-order chi connectivity index (χ0) is 16.4. The number of nitrogens with zero attached hydrogens (tertiary/aromatic N) is 2. The predicted octanol–water partition coefficient (Wildman–Crippen LogP) is 2.88. The minimum absolute atomic E-state index is 0.0303. The first-order chi connectivity index (χ1) is 10.3. The number of hydrogen-bond donors (Lipinski definition) is 0. The van der Waals surface area contributed by atoms with E-state index in [9.17, 15) is 0 Å². The third kappa shape index (κ3) is 3.62. The molecule has 1 aromatic carbocycles. The van der Waals surface area contributed by atoms with Crippen LogP contribution in [0.1, 0.15) is 19.4 Å². The Kier molecular flexibility index (Phi) is 4.83. The molecule has 0 atom stereocenters. The van der Waals surface area contributed by atoms with Gasteiger partial charge in [0, 0.05) is 45.2 Å². The van der Waals surface area contributed by atoms with E-state index in [1.807, 2.05) is 46.4 Å². The molecule has 1 aliphatic rings. The molecule has 1 aromatic rings. The summed E-state index contributed by atoms with van der Waals surface area (Å²) < 4.78 is 12.5. The lowest BCUT2D eigenvalue weighted by Gasteiger charge is -2.43. The Hall–Kier alpha value is -1.52. The molecule has 2 rings (SSSR count). The van der Waals surface area contributed by atoms with E-state index in [1.165, 1.54) is 0 Å². The molecule has 122 valence electrons. The van der Waals surface area contributed by atoms with Crippen LogP contribution in [0.25, 0.3) is 0 Å². The first-order valence-corrected chi connectivity index (χ1v) is 7.67. The summed E-state index contributed by atoms with van der Waals surface area (Å²) in [5.74, 6) is 0.212. The van der Waals surface area contributed by atoms with E-state index in [1.54, 1.807) is 0 Å². The number of hydrogen-bond acceptors (Lipinski definition) is 4. The minimum Gasteiger partial charge on any atom is -0.365 e. The van der Waals surface area contributed by atoms with Crippen LogP contribution in [-0.2, 0) is 15.3 Å².